The Hall–Kier alpha value is -3.41. The van der Waals surface area contributed by atoms with E-state index in [4.69, 9.17) is 11.6 Å². The van der Waals surface area contributed by atoms with Gasteiger partial charge >= 0.3 is 5.97 Å². The number of rotatable bonds is 8. The van der Waals surface area contributed by atoms with Crippen LogP contribution in [0, 0.1) is 5.92 Å². The van der Waals surface area contributed by atoms with Gasteiger partial charge in [0.05, 0.1) is 31.0 Å². The number of nitrogens with one attached hydrogen (secondary N) is 2. The number of carbonyl (C=O) groups excluding carboxylic acids is 2. The van der Waals surface area contributed by atoms with Crippen molar-refractivity contribution in [3.8, 4) is 0 Å². The topological polar surface area (TPSA) is 133 Å². The zero-order chi connectivity index (χ0) is 27.4. The summed E-state index contributed by atoms with van der Waals surface area (Å²) in [5, 5.41) is 15.2. The molecule has 2 heterocycles. The molecule has 38 heavy (non-hydrogen) atoms. The van der Waals surface area contributed by atoms with Crippen LogP contribution < -0.4 is 15.5 Å². The molecule has 1 saturated heterocycles. The number of carboxylic acid groups (broad SMARTS) is 1. The molecule has 1 aliphatic rings. The molecular formula is C26H26ClN3O6S2. The zero-order valence-corrected chi connectivity index (χ0v) is 22.8. The van der Waals surface area contributed by atoms with Crippen LogP contribution in [0.4, 0.5) is 11.4 Å². The number of piperidine rings is 1. The van der Waals surface area contributed by atoms with Crippen LogP contribution in [0.25, 0.3) is 0 Å². The van der Waals surface area contributed by atoms with Crippen LogP contribution in [-0.2, 0) is 21.2 Å². The molecule has 200 valence electrons. The maximum atomic E-state index is 13.2. The van der Waals surface area contributed by atoms with Gasteiger partial charge in [0.15, 0.2) is 9.84 Å². The summed E-state index contributed by atoms with van der Waals surface area (Å²) < 4.78 is 24.9. The Morgan fingerprint density at radius 2 is 1.76 bits per heavy atom. The van der Waals surface area contributed by atoms with Gasteiger partial charge in [-0.15, -0.1) is 11.3 Å². The number of hydrogen-bond donors (Lipinski definition) is 3. The van der Waals surface area contributed by atoms with Crippen LogP contribution >= 0.6 is 22.9 Å². The molecule has 0 radical (unpaired) electrons. The summed E-state index contributed by atoms with van der Waals surface area (Å²) in [4.78, 5) is 40.2. The number of carbonyl (C=O) groups is 3. The molecule has 1 aromatic heterocycles. The number of sulfone groups is 1. The van der Waals surface area contributed by atoms with Gasteiger partial charge in [-0.2, -0.15) is 0 Å². The first-order valence-corrected chi connectivity index (χ1v) is 14.9. The molecule has 0 bridgehead atoms. The predicted molar refractivity (Wildman–Crippen MR) is 147 cm³/mol. The smallest absolute Gasteiger partial charge is 0.337 e. The molecule has 1 aliphatic heterocycles. The third-order valence-electron chi connectivity index (χ3n) is 6.34. The fourth-order valence-corrected chi connectivity index (χ4v) is 6.27. The minimum Gasteiger partial charge on any atom is -0.478 e. The van der Waals surface area contributed by atoms with Gasteiger partial charge < -0.3 is 20.6 Å². The van der Waals surface area contributed by atoms with Crippen LogP contribution in [0.3, 0.4) is 0 Å². The van der Waals surface area contributed by atoms with Gasteiger partial charge in [0.25, 0.3) is 5.91 Å². The summed E-state index contributed by atoms with van der Waals surface area (Å²) in [7, 11) is -3.41. The molecule has 9 nitrogen and oxygen atoms in total. The fourth-order valence-electron chi connectivity index (χ4n) is 4.41. The van der Waals surface area contributed by atoms with E-state index >= 15 is 0 Å². The van der Waals surface area contributed by atoms with Gasteiger partial charge in [-0.1, -0.05) is 35.9 Å². The highest BCUT2D eigenvalue weighted by Gasteiger charge is 2.29. The van der Waals surface area contributed by atoms with Gasteiger partial charge in [0.2, 0.25) is 5.91 Å². The number of benzene rings is 2. The van der Waals surface area contributed by atoms with Crippen molar-refractivity contribution in [2.24, 2.45) is 5.92 Å². The van der Waals surface area contributed by atoms with Crippen LogP contribution in [0.5, 0.6) is 0 Å². The lowest BCUT2D eigenvalue weighted by atomic mass is 9.95. The van der Waals surface area contributed by atoms with E-state index in [0.29, 0.717) is 46.4 Å². The monoisotopic (exact) mass is 575 g/mol. The van der Waals surface area contributed by atoms with Crippen LogP contribution in [-0.4, -0.2) is 50.7 Å². The Labute approximate surface area is 229 Å². The van der Waals surface area contributed by atoms with Gasteiger partial charge in [-0.25, -0.2) is 13.2 Å². The summed E-state index contributed by atoms with van der Waals surface area (Å²) in [6.07, 6.45) is 2.09. The molecule has 0 unspecified atom stereocenters. The highest BCUT2D eigenvalue weighted by Crippen LogP contribution is 2.31. The summed E-state index contributed by atoms with van der Waals surface area (Å²) in [5.41, 5.74) is 1.12. The van der Waals surface area contributed by atoms with Crippen LogP contribution in [0.15, 0.2) is 59.5 Å². The number of amides is 2. The molecule has 12 heteroatoms. The predicted octanol–water partition coefficient (Wildman–Crippen LogP) is 4.29. The molecule has 2 amide bonds. The average Bonchev–Trinajstić information content (AvgIpc) is 3.33. The SMILES string of the molecule is CS(=O)(=O)c1ccccc1N1CCC(C(=O)Nc2c(CNC(=O)c3ccc(Cl)s3)cccc2C(=O)O)CC1. The number of thiophene rings is 1. The first kappa shape index (κ1) is 27.6. The second-order valence-electron chi connectivity index (χ2n) is 8.92. The Morgan fingerprint density at radius 3 is 2.39 bits per heavy atom. The number of anilines is 2. The highest BCUT2D eigenvalue weighted by molar-refractivity contribution is 7.90. The molecule has 3 N–H and O–H groups in total. The lowest BCUT2D eigenvalue weighted by Crippen LogP contribution is -2.39. The van der Waals surface area contributed by atoms with E-state index in [0.717, 1.165) is 11.3 Å². The third-order valence-corrected chi connectivity index (χ3v) is 8.71. The molecule has 1 fully saturated rings. The van der Waals surface area contributed by atoms with E-state index in [9.17, 15) is 27.9 Å². The van der Waals surface area contributed by atoms with Gasteiger partial charge in [-0.3, -0.25) is 9.59 Å². The molecule has 0 saturated carbocycles. The zero-order valence-electron chi connectivity index (χ0n) is 20.4. The van der Waals surface area contributed by atoms with Crippen molar-refractivity contribution < 1.29 is 27.9 Å². The number of halogens is 1. The summed E-state index contributed by atoms with van der Waals surface area (Å²) in [6.45, 7) is 0.945. The Bertz CT molecular complexity index is 1480. The van der Waals surface area contributed by atoms with Crippen LogP contribution in [0.2, 0.25) is 4.34 Å². The van der Waals surface area contributed by atoms with E-state index < -0.39 is 21.7 Å². The van der Waals surface area contributed by atoms with E-state index in [1.165, 1.54) is 12.3 Å². The Balaban J connectivity index is 1.46. The highest BCUT2D eigenvalue weighted by atomic mass is 35.5. The second kappa shape index (κ2) is 11.5. The Morgan fingerprint density at radius 1 is 1.05 bits per heavy atom. The minimum absolute atomic E-state index is 0.00576. The number of carboxylic acids is 1. The first-order chi connectivity index (χ1) is 18.0. The second-order valence-corrected chi connectivity index (χ2v) is 12.6. The standard InChI is InChI=1S/C26H26ClN3O6S2/c1-38(35,36)21-8-3-2-7-19(21)30-13-11-16(12-14-30)24(31)29-23-17(5-4-6-18(23)26(33)34)15-28-25(32)20-9-10-22(27)37-20/h2-10,16H,11-15H2,1H3,(H,28,32)(H,29,31)(H,33,34). The van der Waals surface area contributed by atoms with Crippen molar-refractivity contribution in [1.82, 2.24) is 5.32 Å². The lowest BCUT2D eigenvalue weighted by molar-refractivity contribution is -0.120. The normalized spacial score (nSPS) is 14.2. The molecule has 0 atom stereocenters. The van der Waals surface area contributed by atoms with Crippen molar-refractivity contribution in [3.05, 3.63) is 74.9 Å². The first-order valence-electron chi connectivity index (χ1n) is 11.8. The summed E-state index contributed by atoms with van der Waals surface area (Å²) in [6, 6.07) is 14.6. The molecule has 0 spiro atoms. The summed E-state index contributed by atoms with van der Waals surface area (Å²) >= 11 is 7.03. The van der Waals surface area contributed by atoms with Crippen molar-refractivity contribution in [2.45, 2.75) is 24.3 Å². The maximum Gasteiger partial charge on any atom is 0.337 e. The van der Waals surface area contributed by atoms with Crippen molar-refractivity contribution in [1.29, 1.82) is 0 Å². The number of aromatic carboxylic acids is 1. The van der Waals surface area contributed by atoms with E-state index in [2.05, 4.69) is 10.6 Å². The van der Waals surface area contributed by atoms with E-state index in [1.54, 1.807) is 48.5 Å². The quantitative estimate of drug-likeness (QED) is 0.365. The van der Waals surface area contributed by atoms with E-state index in [1.807, 2.05) is 4.90 Å². The lowest BCUT2D eigenvalue weighted by Gasteiger charge is -2.34. The average molecular weight is 576 g/mol. The molecule has 3 aromatic rings. The molecule has 4 rings (SSSR count). The van der Waals surface area contributed by atoms with Crippen molar-refractivity contribution in [3.63, 3.8) is 0 Å². The maximum absolute atomic E-state index is 13.2. The third kappa shape index (κ3) is 6.35. The largest absolute Gasteiger partial charge is 0.478 e. The van der Waals surface area contributed by atoms with E-state index in [-0.39, 0.29) is 34.5 Å². The Kier molecular flexibility index (Phi) is 8.39. The van der Waals surface area contributed by atoms with Gasteiger partial charge in [0.1, 0.15) is 0 Å². The van der Waals surface area contributed by atoms with Crippen LogP contribution in [0.1, 0.15) is 38.4 Å². The number of hydrogen-bond acceptors (Lipinski definition) is 7. The van der Waals surface area contributed by atoms with Crippen molar-refractivity contribution in [2.75, 3.05) is 29.6 Å². The summed E-state index contributed by atoms with van der Waals surface area (Å²) in [5.74, 6) is -2.28. The van der Waals surface area contributed by atoms with Gasteiger partial charge in [-0.05, 0) is 48.7 Å². The fraction of sp³-hybridized carbons (Fsp3) is 0.269. The molecule has 2 aromatic carbocycles. The number of para-hydroxylation sites is 2. The number of nitrogens with zero attached hydrogens (tertiary/aromatic N) is 1. The minimum atomic E-state index is -3.41. The molecular weight excluding hydrogens is 550 g/mol. The van der Waals surface area contributed by atoms with Crippen molar-refractivity contribution >= 4 is 61.9 Å². The molecule has 0 aliphatic carbocycles. The van der Waals surface area contributed by atoms with Gasteiger partial charge in [0, 0.05) is 31.8 Å².